The minimum Gasteiger partial charge on any atom is -0.382 e. The van der Waals surface area contributed by atoms with E-state index in [1.54, 1.807) is 6.20 Å². The largest absolute Gasteiger partial charge is 0.382 e. The van der Waals surface area contributed by atoms with Crippen molar-refractivity contribution in [2.45, 2.75) is 6.04 Å². The summed E-state index contributed by atoms with van der Waals surface area (Å²) in [5.41, 5.74) is 6.54. The van der Waals surface area contributed by atoms with E-state index < -0.39 is 0 Å². The van der Waals surface area contributed by atoms with Crippen LogP contribution in [0.5, 0.6) is 0 Å². The van der Waals surface area contributed by atoms with Crippen LogP contribution in [0, 0.1) is 0 Å². The topological polar surface area (TPSA) is 60.2 Å². The molecule has 4 nitrogen and oxygen atoms in total. The summed E-state index contributed by atoms with van der Waals surface area (Å²) in [4.78, 5) is 4.02. The van der Waals surface area contributed by atoms with Gasteiger partial charge < -0.3 is 15.8 Å². The summed E-state index contributed by atoms with van der Waals surface area (Å²) in [6.45, 7) is 1.48. The smallest absolute Gasteiger partial charge is 0.146 e. The minimum absolute atomic E-state index is 0.374. The van der Waals surface area contributed by atoms with Crippen molar-refractivity contribution in [1.82, 2.24) is 4.98 Å². The molecule has 1 aromatic rings. The number of nitrogens with zero attached hydrogens (tertiary/aromatic N) is 1. The van der Waals surface area contributed by atoms with Gasteiger partial charge in [-0.15, -0.1) is 0 Å². The molecule has 0 aromatic carbocycles. The lowest BCUT2D eigenvalue weighted by Crippen LogP contribution is -2.40. The first-order valence-electron chi connectivity index (χ1n) is 4.01. The number of rotatable bonds is 2. The van der Waals surface area contributed by atoms with Crippen LogP contribution in [0.1, 0.15) is 0 Å². The lowest BCUT2D eigenvalue weighted by Gasteiger charge is -2.28. The maximum atomic E-state index is 5.68. The summed E-state index contributed by atoms with van der Waals surface area (Å²) < 4.78 is 5.96. The molecule has 0 bridgehead atoms. The molecule has 13 heavy (non-hydrogen) atoms. The Kier molecular flexibility index (Phi) is 2.37. The van der Waals surface area contributed by atoms with E-state index in [0.717, 1.165) is 23.4 Å². The van der Waals surface area contributed by atoms with Crippen molar-refractivity contribution in [3.05, 3.63) is 16.7 Å². The molecule has 1 saturated heterocycles. The molecule has 0 amide bonds. The third kappa shape index (κ3) is 1.92. The number of ether oxygens (including phenoxy) is 1. The van der Waals surface area contributed by atoms with Crippen LogP contribution in [0.3, 0.4) is 0 Å². The number of nitrogens with two attached hydrogens (primary N) is 1. The highest BCUT2D eigenvalue weighted by Gasteiger charge is 2.18. The molecule has 1 fully saturated rings. The third-order valence-corrected chi connectivity index (χ3v) is 2.32. The fraction of sp³-hybridized carbons (Fsp3) is 0.375. The van der Waals surface area contributed by atoms with Gasteiger partial charge in [-0.05, 0) is 22.0 Å². The minimum atomic E-state index is 0.374. The number of aromatic nitrogens is 1. The van der Waals surface area contributed by atoms with Crippen molar-refractivity contribution in [1.29, 1.82) is 0 Å². The molecule has 0 saturated carbocycles. The number of pyridine rings is 1. The molecule has 1 aliphatic heterocycles. The van der Waals surface area contributed by atoms with Gasteiger partial charge >= 0.3 is 0 Å². The number of nitrogens with one attached hydrogen (secondary N) is 1. The zero-order valence-corrected chi connectivity index (χ0v) is 8.54. The first-order valence-corrected chi connectivity index (χ1v) is 4.80. The van der Waals surface area contributed by atoms with E-state index in [0.29, 0.717) is 11.9 Å². The molecule has 0 aliphatic carbocycles. The zero-order chi connectivity index (χ0) is 9.26. The monoisotopic (exact) mass is 243 g/mol. The van der Waals surface area contributed by atoms with Crippen molar-refractivity contribution in [2.75, 3.05) is 24.3 Å². The summed E-state index contributed by atoms with van der Waals surface area (Å²) >= 11 is 3.34. The van der Waals surface area contributed by atoms with E-state index >= 15 is 0 Å². The second-order valence-corrected chi connectivity index (χ2v) is 3.88. The summed E-state index contributed by atoms with van der Waals surface area (Å²) in [7, 11) is 0. The summed E-state index contributed by atoms with van der Waals surface area (Å²) in [6.07, 6.45) is 1.68. The average molecular weight is 244 g/mol. The van der Waals surface area contributed by atoms with Crippen molar-refractivity contribution >= 4 is 27.4 Å². The maximum absolute atomic E-state index is 5.68. The summed E-state index contributed by atoms with van der Waals surface area (Å²) in [5.74, 6) is 0.523. The number of hydrogen-bond acceptors (Lipinski definition) is 4. The Morgan fingerprint density at radius 2 is 2.38 bits per heavy atom. The number of hydrogen-bond donors (Lipinski definition) is 2. The van der Waals surface area contributed by atoms with Crippen LogP contribution >= 0.6 is 15.9 Å². The van der Waals surface area contributed by atoms with Crippen LogP contribution in [-0.4, -0.2) is 24.2 Å². The van der Waals surface area contributed by atoms with Crippen LogP contribution < -0.4 is 11.1 Å². The Hall–Kier alpha value is -0.810. The van der Waals surface area contributed by atoms with Gasteiger partial charge in [-0.25, -0.2) is 4.98 Å². The van der Waals surface area contributed by atoms with Crippen molar-refractivity contribution in [3.8, 4) is 0 Å². The van der Waals surface area contributed by atoms with E-state index in [4.69, 9.17) is 10.5 Å². The van der Waals surface area contributed by atoms with Crippen molar-refractivity contribution in [3.63, 3.8) is 0 Å². The maximum Gasteiger partial charge on any atom is 0.146 e. The van der Waals surface area contributed by atoms with E-state index in [1.165, 1.54) is 0 Å². The zero-order valence-electron chi connectivity index (χ0n) is 6.96. The SMILES string of the molecule is Nc1ncc(Br)cc1NC1COC1. The standard InChI is InChI=1S/C8H10BrN3O/c9-5-1-7(8(10)11-2-5)12-6-3-13-4-6/h1-2,6,12H,3-4H2,(H2,10,11). The number of anilines is 2. The summed E-state index contributed by atoms with van der Waals surface area (Å²) in [6, 6.07) is 2.29. The molecule has 0 radical (unpaired) electrons. The van der Waals surface area contributed by atoms with E-state index in [2.05, 4.69) is 26.2 Å². The van der Waals surface area contributed by atoms with Gasteiger partial charge in [-0.2, -0.15) is 0 Å². The lowest BCUT2D eigenvalue weighted by molar-refractivity contribution is 0.0211. The third-order valence-electron chi connectivity index (χ3n) is 1.88. The van der Waals surface area contributed by atoms with Crippen LogP contribution in [0.2, 0.25) is 0 Å². The molecule has 70 valence electrons. The molecule has 0 atom stereocenters. The number of halogens is 1. The van der Waals surface area contributed by atoms with Crippen LogP contribution in [0.4, 0.5) is 11.5 Å². The lowest BCUT2D eigenvalue weighted by atomic mass is 10.2. The van der Waals surface area contributed by atoms with Gasteiger partial charge in [0.25, 0.3) is 0 Å². The predicted octanol–water partition coefficient (Wildman–Crippen LogP) is 1.24. The van der Waals surface area contributed by atoms with Gasteiger partial charge in [0, 0.05) is 10.7 Å². The van der Waals surface area contributed by atoms with Crippen LogP contribution in [0.25, 0.3) is 0 Å². The van der Waals surface area contributed by atoms with Crippen LogP contribution in [0.15, 0.2) is 16.7 Å². The quantitative estimate of drug-likeness (QED) is 0.821. The van der Waals surface area contributed by atoms with E-state index in [1.807, 2.05) is 6.07 Å². The summed E-state index contributed by atoms with van der Waals surface area (Å²) in [5, 5.41) is 3.24. The molecule has 5 heteroatoms. The Labute approximate surface area is 84.6 Å². The molecule has 3 N–H and O–H groups in total. The van der Waals surface area contributed by atoms with E-state index in [-0.39, 0.29) is 0 Å². The molecule has 0 spiro atoms. The second-order valence-electron chi connectivity index (χ2n) is 2.97. The Bertz CT molecular complexity index is 314. The van der Waals surface area contributed by atoms with Crippen LogP contribution in [-0.2, 0) is 4.74 Å². The second kappa shape index (κ2) is 3.51. The van der Waals surface area contributed by atoms with Gasteiger partial charge in [-0.1, -0.05) is 0 Å². The molecule has 1 aromatic heterocycles. The number of nitrogen functional groups attached to an aromatic ring is 1. The molecular weight excluding hydrogens is 234 g/mol. The Morgan fingerprint density at radius 1 is 1.62 bits per heavy atom. The highest BCUT2D eigenvalue weighted by atomic mass is 79.9. The van der Waals surface area contributed by atoms with Crippen molar-refractivity contribution < 1.29 is 4.74 Å². The molecule has 2 rings (SSSR count). The highest BCUT2D eigenvalue weighted by molar-refractivity contribution is 9.10. The highest BCUT2D eigenvalue weighted by Crippen LogP contribution is 2.22. The van der Waals surface area contributed by atoms with Gasteiger partial charge in [0.05, 0.1) is 24.9 Å². The predicted molar refractivity (Wildman–Crippen MR) is 54.6 cm³/mol. The van der Waals surface area contributed by atoms with Gasteiger partial charge in [0.15, 0.2) is 0 Å². The van der Waals surface area contributed by atoms with Gasteiger partial charge in [0.2, 0.25) is 0 Å². The first-order chi connectivity index (χ1) is 6.25. The van der Waals surface area contributed by atoms with Crippen molar-refractivity contribution in [2.24, 2.45) is 0 Å². The molecule has 1 aliphatic rings. The normalized spacial score (nSPS) is 16.7. The Balaban J connectivity index is 2.13. The Morgan fingerprint density at radius 3 is 3.00 bits per heavy atom. The van der Waals surface area contributed by atoms with Gasteiger partial charge in [-0.3, -0.25) is 0 Å². The average Bonchev–Trinajstić information content (AvgIpc) is 2.03. The first kappa shape index (κ1) is 8.77. The fourth-order valence-corrected chi connectivity index (χ4v) is 1.44. The fourth-order valence-electron chi connectivity index (χ4n) is 1.10. The molecule has 2 heterocycles. The molecule has 0 unspecified atom stereocenters. The molecular formula is C8H10BrN3O. The van der Waals surface area contributed by atoms with E-state index in [9.17, 15) is 0 Å². The van der Waals surface area contributed by atoms with Gasteiger partial charge in [0.1, 0.15) is 5.82 Å².